The molecule has 4 nitrogen and oxygen atoms in total. The molecule has 0 bridgehead atoms. The van der Waals surface area contributed by atoms with Crippen LogP contribution in [0.25, 0.3) is 0 Å². The van der Waals surface area contributed by atoms with E-state index in [4.69, 9.17) is 0 Å². The fraction of sp³-hybridized carbons (Fsp3) is 0.647. The van der Waals surface area contributed by atoms with Crippen LogP contribution in [0.3, 0.4) is 0 Å². The van der Waals surface area contributed by atoms with Gasteiger partial charge in [-0.05, 0) is 51.2 Å². The van der Waals surface area contributed by atoms with Crippen LogP contribution < -0.4 is 4.90 Å². The third kappa shape index (κ3) is 3.36. The summed E-state index contributed by atoms with van der Waals surface area (Å²) in [6.07, 6.45) is 7.48. The van der Waals surface area contributed by atoms with Crippen molar-refractivity contribution in [3.63, 3.8) is 0 Å². The Morgan fingerprint density at radius 2 is 1.86 bits per heavy atom. The zero-order valence-corrected chi connectivity index (χ0v) is 12.9. The highest BCUT2D eigenvalue weighted by Gasteiger charge is 2.29. The molecule has 2 saturated heterocycles. The summed E-state index contributed by atoms with van der Waals surface area (Å²) in [7, 11) is 0. The molecule has 4 heteroatoms. The summed E-state index contributed by atoms with van der Waals surface area (Å²) in [6.45, 7) is 5.93. The first-order chi connectivity index (χ1) is 10.2. The van der Waals surface area contributed by atoms with E-state index in [-0.39, 0.29) is 5.92 Å². The fourth-order valence-corrected chi connectivity index (χ4v) is 3.48. The van der Waals surface area contributed by atoms with Gasteiger partial charge in [-0.1, -0.05) is 0 Å². The largest absolute Gasteiger partial charge is 0.371 e. The molecule has 0 spiro atoms. The number of carbonyl (C=O) groups excluding carboxylic acids is 1. The lowest BCUT2D eigenvalue weighted by Gasteiger charge is -2.36. The van der Waals surface area contributed by atoms with Gasteiger partial charge < -0.3 is 9.80 Å². The Hall–Kier alpha value is -1.58. The van der Waals surface area contributed by atoms with Crippen molar-refractivity contribution in [1.29, 1.82) is 0 Å². The van der Waals surface area contributed by atoms with E-state index in [0.717, 1.165) is 44.7 Å². The monoisotopic (exact) mass is 287 g/mol. The number of aromatic nitrogens is 1. The number of hydrogen-bond donors (Lipinski definition) is 0. The second kappa shape index (κ2) is 6.46. The second-order valence-electron chi connectivity index (χ2n) is 6.30. The number of hydrogen-bond acceptors (Lipinski definition) is 3. The Morgan fingerprint density at radius 3 is 2.52 bits per heavy atom. The van der Waals surface area contributed by atoms with Crippen LogP contribution in [0.5, 0.6) is 0 Å². The number of likely N-dealkylation sites (tertiary alicyclic amines) is 1. The van der Waals surface area contributed by atoms with E-state index in [1.165, 1.54) is 24.9 Å². The lowest BCUT2D eigenvalue weighted by molar-refractivity contribution is -0.137. The van der Waals surface area contributed by atoms with Crippen molar-refractivity contribution in [2.45, 2.75) is 39.0 Å². The van der Waals surface area contributed by atoms with Crippen molar-refractivity contribution in [3.05, 3.63) is 24.0 Å². The van der Waals surface area contributed by atoms with Gasteiger partial charge in [0.25, 0.3) is 0 Å². The number of anilines is 1. The van der Waals surface area contributed by atoms with Gasteiger partial charge in [-0.2, -0.15) is 0 Å². The summed E-state index contributed by atoms with van der Waals surface area (Å²) in [4.78, 5) is 21.3. The molecule has 1 amide bonds. The zero-order chi connectivity index (χ0) is 14.7. The molecule has 3 heterocycles. The van der Waals surface area contributed by atoms with E-state index in [9.17, 15) is 4.79 Å². The first-order valence-electron chi connectivity index (χ1n) is 8.20. The summed E-state index contributed by atoms with van der Waals surface area (Å²) in [5.74, 6) is 0.641. The molecule has 0 unspecified atom stereocenters. The molecule has 0 radical (unpaired) electrons. The van der Waals surface area contributed by atoms with Gasteiger partial charge in [-0.15, -0.1) is 0 Å². The van der Waals surface area contributed by atoms with Gasteiger partial charge >= 0.3 is 0 Å². The van der Waals surface area contributed by atoms with Gasteiger partial charge in [0.1, 0.15) is 0 Å². The van der Waals surface area contributed by atoms with Crippen molar-refractivity contribution < 1.29 is 4.79 Å². The molecule has 0 atom stereocenters. The van der Waals surface area contributed by atoms with Gasteiger partial charge in [-0.25, -0.2) is 0 Å². The fourth-order valence-electron chi connectivity index (χ4n) is 3.48. The molecule has 0 aromatic carbocycles. The van der Waals surface area contributed by atoms with Gasteiger partial charge in [0.15, 0.2) is 0 Å². The molecule has 0 N–H and O–H groups in total. The van der Waals surface area contributed by atoms with Crippen LogP contribution in [0.1, 0.15) is 37.8 Å². The first-order valence-corrected chi connectivity index (χ1v) is 8.20. The minimum atomic E-state index is 0.238. The average molecular weight is 287 g/mol. The maximum atomic E-state index is 12.5. The molecular formula is C17H25N3O. The highest BCUT2D eigenvalue weighted by Crippen LogP contribution is 2.25. The van der Waals surface area contributed by atoms with Crippen molar-refractivity contribution in [2.75, 3.05) is 31.1 Å². The number of pyridine rings is 1. The molecule has 114 valence electrons. The average Bonchev–Trinajstić information content (AvgIpc) is 2.55. The van der Waals surface area contributed by atoms with Crippen LogP contribution in [-0.4, -0.2) is 42.0 Å². The number of piperidine rings is 2. The van der Waals surface area contributed by atoms with Gasteiger partial charge in [0, 0.05) is 49.7 Å². The van der Waals surface area contributed by atoms with E-state index in [1.807, 2.05) is 13.1 Å². The normalized spacial score (nSPS) is 20.6. The molecule has 2 fully saturated rings. The third-order valence-electron chi connectivity index (χ3n) is 4.76. The Morgan fingerprint density at radius 1 is 1.14 bits per heavy atom. The first kappa shape index (κ1) is 14.4. The highest BCUT2D eigenvalue weighted by atomic mass is 16.2. The van der Waals surface area contributed by atoms with E-state index in [1.54, 1.807) is 0 Å². The molecular weight excluding hydrogens is 262 g/mol. The number of nitrogens with zero attached hydrogens (tertiary/aromatic N) is 3. The predicted octanol–water partition coefficient (Wildman–Crippen LogP) is 2.62. The van der Waals surface area contributed by atoms with E-state index >= 15 is 0 Å². The van der Waals surface area contributed by atoms with Crippen LogP contribution in [-0.2, 0) is 4.79 Å². The van der Waals surface area contributed by atoms with Gasteiger partial charge in [0.05, 0.1) is 0 Å². The molecule has 2 aliphatic rings. The maximum Gasteiger partial charge on any atom is 0.225 e. The lowest BCUT2D eigenvalue weighted by Crippen LogP contribution is -2.44. The number of rotatable bonds is 2. The number of amides is 1. The SMILES string of the molecule is Cc1cc(N2CCC(C(=O)N3CCCCC3)CC2)ccn1. The smallest absolute Gasteiger partial charge is 0.225 e. The molecule has 0 aliphatic carbocycles. The summed E-state index contributed by atoms with van der Waals surface area (Å²) >= 11 is 0. The third-order valence-corrected chi connectivity index (χ3v) is 4.76. The minimum Gasteiger partial charge on any atom is -0.371 e. The van der Waals surface area contributed by atoms with E-state index in [0.29, 0.717) is 5.91 Å². The van der Waals surface area contributed by atoms with Gasteiger partial charge in [0.2, 0.25) is 5.91 Å². The molecule has 2 aliphatic heterocycles. The van der Waals surface area contributed by atoms with Crippen LogP contribution >= 0.6 is 0 Å². The molecule has 1 aromatic rings. The Labute approximate surface area is 127 Å². The van der Waals surface area contributed by atoms with Crippen molar-refractivity contribution >= 4 is 11.6 Å². The summed E-state index contributed by atoms with van der Waals surface area (Å²) in [6, 6.07) is 4.20. The predicted molar refractivity (Wildman–Crippen MR) is 84.3 cm³/mol. The molecule has 1 aromatic heterocycles. The van der Waals surface area contributed by atoms with Crippen molar-refractivity contribution in [3.8, 4) is 0 Å². The number of aryl methyl sites for hydroxylation is 1. The minimum absolute atomic E-state index is 0.238. The zero-order valence-electron chi connectivity index (χ0n) is 12.9. The number of carbonyl (C=O) groups is 1. The molecule has 3 rings (SSSR count). The second-order valence-corrected chi connectivity index (χ2v) is 6.30. The Bertz CT molecular complexity index is 489. The van der Waals surface area contributed by atoms with Crippen molar-refractivity contribution in [1.82, 2.24) is 9.88 Å². The van der Waals surface area contributed by atoms with Crippen LogP contribution in [0, 0.1) is 12.8 Å². The summed E-state index contributed by atoms with van der Waals surface area (Å²) in [5.41, 5.74) is 2.30. The topological polar surface area (TPSA) is 36.4 Å². The lowest BCUT2D eigenvalue weighted by atomic mass is 9.94. The van der Waals surface area contributed by atoms with E-state index in [2.05, 4.69) is 26.9 Å². The van der Waals surface area contributed by atoms with E-state index < -0.39 is 0 Å². The molecule has 0 saturated carbocycles. The Kier molecular flexibility index (Phi) is 4.42. The van der Waals surface area contributed by atoms with Crippen molar-refractivity contribution in [2.24, 2.45) is 5.92 Å². The van der Waals surface area contributed by atoms with Crippen LogP contribution in [0.2, 0.25) is 0 Å². The Balaban J connectivity index is 1.56. The van der Waals surface area contributed by atoms with Gasteiger partial charge in [-0.3, -0.25) is 9.78 Å². The summed E-state index contributed by atoms with van der Waals surface area (Å²) in [5, 5.41) is 0. The molecule has 21 heavy (non-hydrogen) atoms. The van der Waals surface area contributed by atoms with Crippen LogP contribution in [0.15, 0.2) is 18.3 Å². The highest BCUT2D eigenvalue weighted by molar-refractivity contribution is 5.79. The van der Waals surface area contributed by atoms with Crippen LogP contribution in [0.4, 0.5) is 5.69 Å². The summed E-state index contributed by atoms with van der Waals surface area (Å²) < 4.78 is 0. The maximum absolute atomic E-state index is 12.5. The standard InChI is InChI=1S/C17H25N3O/c1-14-13-16(5-8-18-14)19-11-6-15(7-12-19)17(21)20-9-3-2-4-10-20/h5,8,13,15H,2-4,6-7,9-12H2,1H3. The quantitative estimate of drug-likeness (QED) is 0.839.